The van der Waals surface area contributed by atoms with Crippen LogP contribution in [0.15, 0.2) is 12.2 Å². The van der Waals surface area contributed by atoms with Gasteiger partial charge in [-0.05, 0) is 13.0 Å². The first-order valence-corrected chi connectivity index (χ1v) is 4.66. The molecule has 0 atom stereocenters. The second kappa shape index (κ2) is 7.71. The fourth-order valence-electron chi connectivity index (χ4n) is 0.739. The van der Waals surface area contributed by atoms with Crippen LogP contribution in [0.4, 0.5) is 0 Å². The Hall–Kier alpha value is -1.67. The van der Waals surface area contributed by atoms with Gasteiger partial charge in [0.25, 0.3) is 0 Å². The number of carbonyl (C=O) groups is 2. The third-order valence-electron chi connectivity index (χ3n) is 1.56. The maximum Gasteiger partial charge on any atom is 0.355 e. The van der Waals surface area contributed by atoms with E-state index < -0.39 is 11.9 Å². The molecule has 0 fully saturated rings. The number of esters is 2. The molecule has 0 unspecified atom stereocenters. The highest BCUT2D eigenvalue weighted by Gasteiger charge is 2.12. The molecule has 0 aromatic rings. The number of carbonyl (C=O) groups excluding carboxylic acids is 2. The number of hydrogen-bond donors (Lipinski definition) is 1. The minimum absolute atomic E-state index is 0.0373. The molecule has 0 aliphatic heterocycles. The molecular weight excluding hydrogens is 196 g/mol. The molecule has 0 spiro atoms. The van der Waals surface area contributed by atoms with Gasteiger partial charge in [0, 0.05) is 0 Å². The molecule has 0 aliphatic carbocycles. The van der Waals surface area contributed by atoms with Crippen molar-refractivity contribution in [3.8, 4) is 6.07 Å². The Kier molecular flexibility index (Phi) is 6.85. The van der Waals surface area contributed by atoms with E-state index in [-0.39, 0.29) is 12.1 Å². The lowest BCUT2D eigenvalue weighted by Gasteiger charge is -2.02. The predicted octanol–water partition coefficient (Wildman–Crippen LogP) is 0.526. The highest BCUT2D eigenvalue weighted by molar-refractivity contribution is 5.98. The lowest BCUT2D eigenvalue weighted by molar-refractivity contribution is -0.155. The summed E-state index contributed by atoms with van der Waals surface area (Å²) in [5, 5.41) is 11.1. The quantitative estimate of drug-likeness (QED) is 0.227. The van der Waals surface area contributed by atoms with Crippen LogP contribution in [0, 0.1) is 11.3 Å². The summed E-state index contributed by atoms with van der Waals surface area (Å²) in [5.74, 6) is -1.69. The lowest BCUT2D eigenvalue weighted by atomic mass is 10.3. The van der Waals surface area contributed by atoms with Crippen LogP contribution in [0.5, 0.6) is 0 Å². The highest BCUT2D eigenvalue weighted by atomic mass is 16.6. The van der Waals surface area contributed by atoms with Crippen molar-refractivity contribution >= 4 is 11.9 Å². The lowest BCUT2D eigenvalue weighted by Crippen LogP contribution is -2.27. The van der Waals surface area contributed by atoms with E-state index in [4.69, 9.17) is 5.26 Å². The zero-order valence-corrected chi connectivity index (χ0v) is 8.71. The average molecular weight is 210 g/mol. The Bertz CT molecular complexity index is 292. The largest absolute Gasteiger partial charge is 0.388 e. The number of nitriles is 1. The Labute approximate surface area is 88.7 Å². The van der Waals surface area contributed by atoms with Gasteiger partial charge in [-0.15, -0.1) is 0 Å². The van der Waals surface area contributed by atoms with E-state index in [1.54, 1.807) is 0 Å². The topological polar surface area (TPSA) is 79.2 Å². The van der Waals surface area contributed by atoms with Gasteiger partial charge in [-0.25, -0.2) is 4.79 Å². The molecule has 1 N–H and O–H groups in total. The van der Waals surface area contributed by atoms with Crippen LogP contribution < -0.4 is 5.32 Å². The molecule has 0 aromatic carbocycles. The van der Waals surface area contributed by atoms with E-state index in [9.17, 15) is 9.59 Å². The van der Waals surface area contributed by atoms with Crippen LogP contribution in [0.3, 0.4) is 0 Å². The smallest absolute Gasteiger partial charge is 0.355 e. The predicted molar refractivity (Wildman–Crippen MR) is 53.6 cm³/mol. The number of unbranched alkanes of at least 4 members (excludes halogenated alkanes) is 1. The Morgan fingerprint density at radius 1 is 1.53 bits per heavy atom. The SMILES string of the molecule is C=C(C#N)C(=O)OC(=O)CNCCCC. The molecule has 0 heterocycles. The van der Waals surface area contributed by atoms with Crippen LogP contribution in [0.2, 0.25) is 0 Å². The zero-order chi connectivity index (χ0) is 11.7. The van der Waals surface area contributed by atoms with Gasteiger partial charge in [-0.3, -0.25) is 4.79 Å². The van der Waals surface area contributed by atoms with Crippen molar-refractivity contribution in [2.45, 2.75) is 19.8 Å². The summed E-state index contributed by atoms with van der Waals surface area (Å²) in [6, 6.07) is 1.50. The zero-order valence-electron chi connectivity index (χ0n) is 8.71. The van der Waals surface area contributed by atoms with Crippen molar-refractivity contribution in [1.29, 1.82) is 5.26 Å². The van der Waals surface area contributed by atoms with Crippen molar-refractivity contribution in [3.63, 3.8) is 0 Å². The Balaban J connectivity index is 3.71. The van der Waals surface area contributed by atoms with Crippen molar-refractivity contribution in [1.82, 2.24) is 5.32 Å². The van der Waals surface area contributed by atoms with E-state index in [1.807, 2.05) is 6.92 Å². The Morgan fingerprint density at radius 2 is 2.20 bits per heavy atom. The molecule has 5 nitrogen and oxygen atoms in total. The molecule has 0 bridgehead atoms. The van der Waals surface area contributed by atoms with Crippen LogP contribution >= 0.6 is 0 Å². The molecule has 0 saturated heterocycles. The minimum atomic E-state index is -0.986. The first-order valence-electron chi connectivity index (χ1n) is 4.66. The van der Waals surface area contributed by atoms with E-state index in [0.717, 1.165) is 12.8 Å². The molecule has 0 radical (unpaired) electrons. The summed E-state index contributed by atoms with van der Waals surface area (Å²) >= 11 is 0. The van der Waals surface area contributed by atoms with Gasteiger partial charge in [0.1, 0.15) is 11.6 Å². The van der Waals surface area contributed by atoms with Crippen molar-refractivity contribution in [2.75, 3.05) is 13.1 Å². The van der Waals surface area contributed by atoms with Gasteiger partial charge in [0.15, 0.2) is 0 Å². The number of nitrogens with one attached hydrogen (secondary N) is 1. The van der Waals surface area contributed by atoms with E-state index in [0.29, 0.717) is 6.54 Å². The number of nitrogens with zero attached hydrogens (tertiary/aromatic N) is 1. The highest BCUT2D eigenvalue weighted by Crippen LogP contribution is 1.92. The summed E-state index contributed by atoms with van der Waals surface area (Å²) in [6.07, 6.45) is 1.97. The molecule has 15 heavy (non-hydrogen) atoms. The monoisotopic (exact) mass is 210 g/mol. The summed E-state index contributed by atoms with van der Waals surface area (Å²) < 4.78 is 4.32. The van der Waals surface area contributed by atoms with Gasteiger partial charge in [-0.2, -0.15) is 5.26 Å². The number of hydrogen-bond acceptors (Lipinski definition) is 5. The van der Waals surface area contributed by atoms with Gasteiger partial charge < -0.3 is 10.1 Å². The molecule has 0 aliphatic rings. The van der Waals surface area contributed by atoms with Crippen LogP contribution in [0.1, 0.15) is 19.8 Å². The standard InChI is InChI=1S/C10H14N2O3/c1-3-4-5-12-7-9(13)15-10(14)8(2)6-11/h12H,2-5,7H2,1H3. The minimum Gasteiger partial charge on any atom is -0.388 e. The fraction of sp³-hybridized carbons (Fsp3) is 0.500. The van der Waals surface area contributed by atoms with E-state index in [2.05, 4.69) is 16.6 Å². The van der Waals surface area contributed by atoms with Gasteiger partial charge in [0.05, 0.1) is 6.54 Å². The first kappa shape index (κ1) is 13.3. The molecule has 5 heteroatoms. The average Bonchev–Trinajstić information content (AvgIpc) is 2.23. The molecule has 0 aromatic heterocycles. The van der Waals surface area contributed by atoms with Crippen molar-refractivity contribution < 1.29 is 14.3 Å². The molecule has 0 saturated carbocycles. The third-order valence-corrected chi connectivity index (χ3v) is 1.56. The van der Waals surface area contributed by atoms with Gasteiger partial charge in [-0.1, -0.05) is 19.9 Å². The molecule has 0 amide bonds. The van der Waals surface area contributed by atoms with Gasteiger partial charge in [0.2, 0.25) is 0 Å². The van der Waals surface area contributed by atoms with E-state index in [1.165, 1.54) is 6.07 Å². The first-order chi connectivity index (χ1) is 7.11. The number of rotatable bonds is 6. The summed E-state index contributed by atoms with van der Waals surface area (Å²) in [7, 11) is 0. The second-order valence-electron chi connectivity index (χ2n) is 2.88. The normalized spacial score (nSPS) is 9.07. The van der Waals surface area contributed by atoms with Crippen LogP contribution in [-0.2, 0) is 14.3 Å². The molecular formula is C10H14N2O3. The van der Waals surface area contributed by atoms with Crippen LogP contribution in [-0.4, -0.2) is 25.0 Å². The summed E-state index contributed by atoms with van der Waals surface area (Å²) in [6.45, 7) is 5.81. The maximum absolute atomic E-state index is 11.0. The maximum atomic E-state index is 11.0. The molecule has 82 valence electrons. The summed E-state index contributed by atoms with van der Waals surface area (Å²) in [4.78, 5) is 21.9. The van der Waals surface area contributed by atoms with Crippen LogP contribution in [0.25, 0.3) is 0 Å². The van der Waals surface area contributed by atoms with Crippen molar-refractivity contribution in [3.05, 3.63) is 12.2 Å². The Morgan fingerprint density at radius 3 is 2.73 bits per heavy atom. The van der Waals surface area contributed by atoms with E-state index >= 15 is 0 Å². The third kappa shape index (κ3) is 6.41. The fourth-order valence-corrected chi connectivity index (χ4v) is 0.739. The summed E-state index contributed by atoms with van der Waals surface area (Å²) in [5.41, 5.74) is -0.378. The number of ether oxygens (including phenoxy) is 1. The molecule has 0 rings (SSSR count). The van der Waals surface area contributed by atoms with Crippen molar-refractivity contribution in [2.24, 2.45) is 0 Å². The van der Waals surface area contributed by atoms with Gasteiger partial charge >= 0.3 is 11.9 Å². The second-order valence-corrected chi connectivity index (χ2v) is 2.88.